The van der Waals surface area contributed by atoms with Gasteiger partial charge in [0, 0.05) is 23.7 Å². The molecule has 138 valence electrons. The second-order valence-corrected chi connectivity index (χ2v) is 6.55. The standard InChI is InChI=1S/C23H19N3O2/c1-15-8-9-19(23-26-25-16(2)28-23)14-21(15)17-10-12-18(13-11-17)22(27)24-20-6-4-3-5-7-20/h3-14H,1-2H3,(H,24,27). The smallest absolute Gasteiger partial charge is 0.255 e. The zero-order valence-corrected chi connectivity index (χ0v) is 15.6. The first-order valence-corrected chi connectivity index (χ1v) is 8.98. The summed E-state index contributed by atoms with van der Waals surface area (Å²) in [5.74, 6) is 0.896. The largest absolute Gasteiger partial charge is 0.421 e. The summed E-state index contributed by atoms with van der Waals surface area (Å²) in [6.45, 7) is 3.82. The van der Waals surface area contributed by atoms with E-state index in [0.717, 1.165) is 27.9 Å². The number of nitrogens with one attached hydrogen (secondary N) is 1. The van der Waals surface area contributed by atoms with Crippen LogP contribution in [0.4, 0.5) is 5.69 Å². The van der Waals surface area contributed by atoms with E-state index in [4.69, 9.17) is 4.42 Å². The van der Waals surface area contributed by atoms with Crippen molar-refractivity contribution in [1.29, 1.82) is 0 Å². The molecule has 5 heteroatoms. The van der Waals surface area contributed by atoms with Crippen molar-refractivity contribution in [2.75, 3.05) is 5.32 Å². The Hall–Kier alpha value is -3.73. The van der Waals surface area contributed by atoms with E-state index in [9.17, 15) is 4.79 Å². The molecule has 1 N–H and O–H groups in total. The van der Waals surface area contributed by atoms with E-state index in [0.29, 0.717) is 17.3 Å². The Balaban J connectivity index is 1.59. The lowest BCUT2D eigenvalue weighted by molar-refractivity contribution is 0.102. The molecule has 0 aliphatic rings. The summed E-state index contributed by atoms with van der Waals surface area (Å²) in [4.78, 5) is 12.4. The van der Waals surface area contributed by atoms with Crippen molar-refractivity contribution in [2.24, 2.45) is 0 Å². The average molecular weight is 369 g/mol. The fourth-order valence-electron chi connectivity index (χ4n) is 3.01. The van der Waals surface area contributed by atoms with Gasteiger partial charge in [0.25, 0.3) is 5.91 Å². The van der Waals surface area contributed by atoms with Crippen molar-refractivity contribution in [1.82, 2.24) is 10.2 Å². The van der Waals surface area contributed by atoms with Crippen LogP contribution in [0.2, 0.25) is 0 Å². The minimum atomic E-state index is -0.135. The number of carbonyl (C=O) groups excluding carboxylic acids is 1. The van der Waals surface area contributed by atoms with Gasteiger partial charge < -0.3 is 9.73 Å². The second kappa shape index (κ2) is 7.48. The first kappa shape index (κ1) is 17.7. The van der Waals surface area contributed by atoms with Crippen molar-refractivity contribution in [3.63, 3.8) is 0 Å². The number of carbonyl (C=O) groups is 1. The third kappa shape index (κ3) is 3.69. The van der Waals surface area contributed by atoms with E-state index in [1.165, 1.54) is 0 Å². The highest BCUT2D eigenvalue weighted by Gasteiger charge is 2.11. The van der Waals surface area contributed by atoms with Crippen molar-refractivity contribution in [3.8, 4) is 22.6 Å². The van der Waals surface area contributed by atoms with Gasteiger partial charge in [-0.15, -0.1) is 10.2 Å². The van der Waals surface area contributed by atoms with Gasteiger partial charge in [-0.25, -0.2) is 0 Å². The van der Waals surface area contributed by atoms with E-state index in [2.05, 4.69) is 15.5 Å². The Bertz CT molecular complexity index is 1120. The molecule has 1 heterocycles. The Labute approximate surface area is 163 Å². The lowest BCUT2D eigenvalue weighted by atomic mass is 9.97. The molecule has 1 amide bonds. The Morgan fingerprint density at radius 3 is 2.25 bits per heavy atom. The van der Waals surface area contributed by atoms with E-state index >= 15 is 0 Å². The molecule has 0 saturated heterocycles. The van der Waals surface area contributed by atoms with Crippen LogP contribution in [0.15, 0.2) is 77.2 Å². The zero-order chi connectivity index (χ0) is 19.5. The maximum absolute atomic E-state index is 12.4. The molecular weight excluding hydrogens is 350 g/mol. The number of benzene rings is 3. The number of anilines is 1. The zero-order valence-electron chi connectivity index (χ0n) is 15.6. The highest BCUT2D eigenvalue weighted by atomic mass is 16.4. The molecule has 0 aliphatic carbocycles. The van der Waals surface area contributed by atoms with Crippen LogP contribution in [0.25, 0.3) is 22.6 Å². The predicted molar refractivity (Wildman–Crippen MR) is 109 cm³/mol. The lowest BCUT2D eigenvalue weighted by Gasteiger charge is -2.09. The van der Waals surface area contributed by atoms with Crippen molar-refractivity contribution >= 4 is 11.6 Å². The van der Waals surface area contributed by atoms with Gasteiger partial charge in [-0.2, -0.15) is 0 Å². The molecule has 3 aromatic carbocycles. The summed E-state index contributed by atoms with van der Waals surface area (Å²) >= 11 is 0. The summed E-state index contributed by atoms with van der Waals surface area (Å²) in [6, 6.07) is 23.0. The Morgan fingerprint density at radius 2 is 1.57 bits per heavy atom. The van der Waals surface area contributed by atoms with E-state index in [1.807, 2.05) is 79.7 Å². The molecule has 0 spiro atoms. The number of aromatic nitrogens is 2. The molecule has 1 aromatic heterocycles. The van der Waals surface area contributed by atoms with Crippen molar-refractivity contribution in [3.05, 3.63) is 89.8 Å². The number of para-hydroxylation sites is 1. The summed E-state index contributed by atoms with van der Waals surface area (Å²) in [5, 5.41) is 10.9. The summed E-state index contributed by atoms with van der Waals surface area (Å²) in [5.41, 5.74) is 5.45. The fraction of sp³-hybridized carbons (Fsp3) is 0.0870. The van der Waals surface area contributed by atoms with Gasteiger partial charge in [-0.1, -0.05) is 36.4 Å². The van der Waals surface area contributed by atoms with Gasteiger partial charge in [-0.05, 0) is 60.0 Å². The van der Waals surface area contributed by atoms with E-state index in [-0.39, 0.29) is 5.91 Å². The van der Waals surface area contributed by atoms with Gasteiger partial charge in [0.15, 0.2) is 0 Å². The molecule has 0 atom stereocenters. The first-order valence-electron chi connectivity index (χ1n) is 8.98. The van der Waals surface area contributed by atoms with Crippen LogP contribution in [-0.2, 0) is 0 Å². The van der Waals surface area contributed by atoms with Gasteiger partial charge in [0.2, 0.25) is 11.8 Å². The van der Waals surface area contributed by atoms with Gasteiger partial charge >= 0.3 is 0 Å². The lowest BCUT2D eigenvalue weighted by Crippen LogP contribution is -2.11. The fourth-order valence-corrected chi connectivity index (χ4v) is 3.01. The molecule has 4 rings (SSSR count). The Morgan fingerprint density at radius 1 is 0.857 bits per heavy atom. The highest BCUT2D eigenvalue weighted by molar-refractivity contribution is 6.04. The van der Waals surface area contributed by atoms with Crippen molar-refractivity contribution in [2.45, 2.75) is 13.8 Å². The summed E-state index contributed by atoms with van der Waals surface area (Å²) in [6.07, 6.45) is 0. The van der Waals surface area contributed by atoms with Crippen molar-refractivity contribution < 1.29 is 9.21 Å². The van der Waals surface area contributed by atoms with Crippen LogP contribution < -0.4 is 5.32 Å². The SMILES string of the molecule is Cc1nnc(-c2ccc(C)c(-c3ccc(C(=O)Nc4ccccc4)cc3)c2)o1. The quantitative estimate of drug-likeness (QED) is 0.532. The first-order chi connectivity index (χ1) is 13.6. The molecule has 0 aliphatic heterocycles. The summed E-state index contributed by atoms with van der Waals surface area (Å²) < 4.78 is 5.53. The van der Waals surface area contributed by atoms with Crippen LogP contribution >= 0.6 is 0 Å². The molecular formula is C23H19N3O2. The molecule has 0 fully saturated rings. The third-order valence-electron chi connectivity index (χ3n) is 4.50. The minimum Gasteiger partial charge on any atom is -0.421 e. The highest BCUT2D eigenvalue weighted by Crippen LogP contribution is 2.29. The molecule has 0 radical (unpaired) electrons. The van der Waals surface area contributed by atoms with Gasteiger partial charge in [0.05, 0.1) is 0 Å². The maximum Gasteiger partial charge on any atom is 0.255 e. The van der Waals surface area contributed by atoms with Crippen LogP contribution in [0.3, 0.4) is 0 Å². The average Bonchev–Trinajstić information content (AvgIpc) is 3.15. The molecule has 4 aromatic rings. The predicted octanol–water partition coefficient (Wildman–Crippen LogP) is 5.27. The number of hydrogen-bond acceptors (Lipinski definition) is 4. The molecule has 0 bridgehead atoms. The molecule has 5 nitrogen and oxygen atoms in total. The van der Waals surface area contributed by atoms with Crippen LogP contribution in [0, 0.1) is 13.8 Å². The van der Waals surface area contributed by atoms with Crippen LogP contribution in [0.1, 0.15) is 21.8 Å². The number of rotatable bonds is 4. The third-order valence-corrected chi connectivity index (χ3v) is 4.50. The summed E-state index contributed by atoms with van der Waals surface area (Å²) in [7, 11) is 0. The number of amides is 1. The molecule has 28 heavy (non-hydrogen) atoms. The monoisotopic (exact) mass is 369 g/mol. The Kier molecular flexibility index (Phi) is 4.72. The topological polar surface area (TPSA) is 68.0 Å². The number of aryl methyl sites for hydroxylation is 2. The van der Waals surface area contributed by atoms with Crippen LogP contribution in [0.5, 0.6) is 0 Å². The normalized spacial score (nSPS) is 10.6. The maximum atomic E-state index is 12.4. The van der Waals surface area contributed by atoms with Crippen LogP contribution in [-0.4, -0.2) is 16.1 Å². The second-order valence-electron chi connectivity index (χ2n) is 6.55. The van der Waals surface area contributed by atoms with E-state index < -0.39 is 0 Å². The van der Waals surface area contributed by atoms with E-state index in [1.54, 1.807) is 6.92 Å². The molecule has 0 saturated carbocycles. The number of hydrogen-bond donors (Lipinski definition) is 1. The molecule has 0 unspecified atom stereocenters. The number of nitrogens with zero attached hydrogens (tertiary/aromatic N) is 2. The minimum absolute atomic E-state index is 0.135. The van der Waals surface area contributed by atoms with Gasteiger partial charge in [-0.3, -0.25) is 4.79 Å². The van der Waals surface area contributed by atoms with Gasteiger partial charge in [0.1, 0.15) is 0 Å².